The lowest BCUT2D eigenvalue weighted by Gasteiger charge is -2.35. The lowest BCUT2D eigenvalue weighted by atomic mass is 9.94. The predicted octanol–water partition coefficient (Wildman–Crippen LogP) is 3.52. The molecule has 2 aromatic rings. The fraction of sp³-hybridized carbons (Fsp3) is 0.591. The Morgan fingerprint density at radius 2 is 1.79 bits per heavy atom. The van der Waals surface area contributed by atoms with E-state index in [-0.39, 0.29) is 5.92 Å². The first-order valence-corrected chi connectivity index (χ1v) is 10.7. The molecule has 2 fully saturated rings. The molecule has 2 aliphatic rings. The van der Waals surface area contributed by atoms with E-state index in [4.69, 9.17) is 4.52 Å². The topological polar surface area (TPSA) is 62.5 Å². The van der Waals surface area contributed by atoms with Gasteiger partial charge in [0.1, 0.15) is 0 Å². The fourth-order valence-electron chi connectivity index (χ4n) is 4.23. The lowest BCUT2D eigenvalue weighted by molar-refractivity contribution is -0.138. The van der Waals surface area contributed by atoms with Crippen molar-refractivity contribution in [3.8, 4) is 11.4 Å². The van der Waals surface area contributed by atoms with Gasteiger partial charge in [-0.2, -0.15) is 4.98 Å². The number of likely N-dealkylation sites (tertiary alicyclic amines) is 2. The van der Waals surface area contributed by atoms with E-state index in [0.29, 0.717) is 24.2 Å². The average Bonchev–Trinajstić information content (AvgIpc) is 3.23. The van der Waals surface area contributed by atoms with Crippen molar-refractivity contribution < 1.29 is 9.32 Å². The molecule has 0 radical (unpaired) electrons. The van der Waals surface area contributed by atoms with Crippen molar-refractivity contribution in [3.05, 3.63) is 35.7 Å². The molecule has 0 spiro atoms. The number of nitrogens with zero attached hydrogens (tertiary/aromatic N) is 4. The molecule has 1 amide bonds. The zero-order chi connectivity index (χ0) is 19.3. The summed E-state index contributed by atoms with van der Waals surface area (Å²) < 4.78 is 5.47. The summed E-state index contributed by atoms with van der Waals surface area (Å²) in [6, 6.07) is 8.31. The Morgan fingerprint density at radius 3 is 2.46 bits per heavy atom. The second-order valence-corrected chi connectivity index (χ2v) is 8.00. The zero-order valence-electron chi connectivity index (χ0n) is 16.8. The molecule has 6 nitrogen and oxygen atoms in total. The van der Waals surface area contributed by atoms with Crippen LogP contribution < -0.4 is 0 Å². The number of amides is 1. The molecule has 2 saturated heterocycles. The van der Waals surface area contributed by atoms with Gasteiger partial charge in [0.25, 0.3) is 0 Å². The summed E-state index contributed by atoms with van der Waals surface area (Å²) in [5.74, 6) is 1.85. The Balaban J connectivity index is 1.29. The monoisotopic (exact) mass is 382 g/mol. The fourth-order valence-corrected chi connectivity index (χ4v) is 4.23. The van der Waals surface area contributed by atoms with Gasteiger partial charge in [-0.25, -0.2) is 0 Å². The number of carbonyl (C=O) groups is 1. The minimum Gasteiger partial charge on any atom is -0.342 e. The second kappa shape index (κ2) is 8.86. The van der Waals surface area contributed by atoms with E-state index in [1.165, 1.54) is 12.0 Å². The molecule has 0 saturated carbocycles. The van der Waals surface area contributed by atoms with E-state index in [2.05, 4.69) is 39.0 Å². The van der Waals surface area contributed by atoms with Crippen molar-refractivity contribution in [2.45, 2.75) is 52.0 Å². The van der Waals surface area contributed by atoms with Gasteiger partial charge >= 0.3 is 0 Å². The van der Waals surface area contributed by atoms with Crippen LogP contribution in [0, 0.1) is 5.92 Å². The molecule has 2 aliphatic heterocycles. The van der Waals surface area contributed by atoms with Crippen molar-refractivity contribution in [1.82, 2.24) is 19.9 Å². The van der Waals surface area contributed by atoms with Crippen LogP contribution in [0.1, 0.15) is 50.5 Å². The number of hydrogen-bond acceptors (Lipinski definition) is 5. The van der Waals surface area contributed by atoms with Crippen LogP contribution in [0.5, 0.6) is 0 Å². The van der Waals surface area contributed by atoms with Crippen molar-refractivity contribution in [2.75, 3.05) is 26.2 Å². The highest BCUT2D eigenvalue weighted by Gasteiger charge is 2.29. The van der Waals surface area contributed by atoms with E-state index < -0.39 is 0 Å². The number of hydrogen-bond donors (Lipinski definition) is 0. The minimum atomic E-state index is 0.185. The predicted molar refractivity (Wildman–Crippen MR) is 108 cm³/mol. The van der Waals surface area contributed by atoms with Crippen molar-refractivity contribution >= 4 is 5.91 Å². The van der Waals surface area contributed by atoms with Crippen LogP contribution in [0.2, 0.25) is 0 Å². The van der Waals surface area contributed by atoms with Gasteiger partial charge in [-0.15, -0.1) is 0 Å². The Labute approximate surface area is 166 Å². The van der Waals surface area contributed by atoms with Gasteiger partial charge in [0, 0.05) is 24.6 Å². The molecular formula is C22H30N4O2. The molecule has 6 heteroatoms. The summed E-state index contributed by atoms with van der Waals surface area (Å²) >= 11 is 0. The van der Waals surface area contributed by atoms with Crippen LogP contribution in [0.15, 0.2) is 28.8 Å². The first-order chi connectivity index (χ1) is 13.7. The highest BCUT2D eigenvalue weighted by atomic mass is 16.5. The SMILES string of the molecule is CCc1ccc(-c2noc(CN3CCC(C(=O)N4CCCCC4)CC3)n2)cc1. The van der Waals surface area contributed by atoms with Crippen LogP contribution in [0.4, 0.5) is 0 Å². The molecule has 0 aliphatic carbocycles. The molecule has 1 aromatic carbocycles. The van der Waals surface area contributed by atoms with E-state index in [1.807, 2.05) is 12.1 Å². The normalized spacial score (nSPS) is 19.1. The molecule has 4 rings (SSSR count). The quantitative estimate of drug-likeness (QED) is 0.792. The van der Waals surface area contributed by atoms with Crippen LogP contribution in [-0.4, -0.2) is 52.0 Å². The number of rotatable bonds is 5. The van der Waals surface area contributed by atoms with Gasteiger partial charge in [0.15, 0.2) is 0 Å². The Kier molecular flexibility index (Phi) is 6.05. The maximum absolute atomic E-state index is 12.7. The molecule has 3 heterocycles. The standard InChI is InChI=1S/C22H30N4O2/c1-2-17-6-8-18(9-7-17)21-23-20(28-24-21)16-25-14-10-19(11-15-25)22(27)26-12-4-3-5-13-26/h6-9,19H,2-5,10-16H2,1H3. The Hall–Kier alpha value is -2.21. The van der Waals surface area contributed by atoms with E-state index in [1.54, 1.807) is 0 Å². The molecule has 0 atom stereocenters. The third kappa shape index (κ3) is 4.43. The van der Waals surface area contributed by atoms with Gasteiger partial charge in [-0.1, -0.05) is 36.3 Å². The zero-order valence-corrected chi connectivity index (χ0v) is 16.8. The molecule has 0 N–H and O–H groups in total. The molecule has 28 heavy (non-hydrogen) atoms. The van der Waals surface area contributed by atoms with Crippen molar-refractivity contribution in [3.63, 3.8) is 0 Å². The Bertz CT molecular complexity index is 772. The third-order valence-corrected chi connectivity index (χ3v) is 6.05. The first-order valence-electron chi connectivity index (χ1n) is 10.7. The summed E-state index contributed by atoms with van der Waals surface area (Å²) in [6.07, 6.45) is 6.45. The van der Waals surface area contributed by atoms with Gasteiger partial charge in [0.2, 0.25) is 17.6 Å². The van der Waals surface area contributed by atoms with E-state index in [0.717, 1.165) is 63.8 Å². The smallest absolute Gasteiger partial charge is 0.241 e. The number of aromatic nitrogens is 2. The van der Waals surface area contributed by atoms with E-state index in [9.17, 15) is 4.79 Å². The van der Waals surface area contributed by atoms with Gasteiger partial charge in [-0.3, -0.25) is 9.69 Å². The summed E-state index contributed by atoms with van der Waals surface area (Å²) in [7, 11) is 0. The minimum absolute atomic E-state index is 0.185. The number of benzene rings is 1. The van der Waals surface area contributed by atoms with Crippen LogP contribution >= 0.6 is 0 Å². The maximum Gasteiger partial charge on any atom is 0.241 e. The largest absolute Gasteiger partial charge is 0.342 e. The number of aryl methyl sites for hydroxylation is 1. The number of piperidine rings is 2. The van der Waals surface area contributed by atoms with Gasteiger partial charge < -0.3 is 9.42 Å². The maximum atomic E-state index is 12.7. The average molecular weight is 383 g/mol. The van der Waals surface area contributed by atoms with E-state index >= 15 is 0 Å². The van der Waals surface area contributed by atoms with Gasteiger partial charge in [-0.05, 0) is 57.2 Å². The first kappa shape index (κ1) is 19.1. The summed E-state index contributed by atoms with van der Waals surface area (Å²) in [6.45, 7) is 6.52. The highest BCUT2D eigenvalue weighted by Crippen LogP contribution is 2.23. The van der Waals surface area contributed by atoms with Crippen molar-refractivity contribution in [1.29, 1.82) is 0 Å². The molecule has 1 aromatic heterocycles. The number of carbonyl (C=O) groups excluding carboxylic acids is 1. The summed E-state index contributed by atoms with van der Waals surface area (Å²) in [5, 5.41) is 4.14. The molecule has 0 bridgehead atoms. The molecule has 0 unspecified atom stereocenters. The summed E-state index contributed by atoms with van der Waals surface area (Å²) in [4.78, 5) is 21.7. The third-order valence-electron chi connectivity index (χ3n) is 6.05. The van der Waals surface area contributed by atoms with Crippen LogP contribution in [-0.2, 0) is 17.8 Å². The van der Waals surface area contributed by atoms with Gasteiger partial charge in [0.05, 0.1) is 6.54 Å². The highest BCUT2D eigenvalue weighted by molar-refractivity contribution is 5.79. The van der Waals surface area contributed by atoms with Crippen LogP contribution in [0.25, 0.3) is 11.4 Å². The Morgan fingerprint density at radius 1 is 1.07 bits per heavy atom. The summed E-state index contributed by atoms with van der Waals surface area (Å²) in [5.41, 5.74) is 2.28. The lowest BCUT2D eigenvalue weighted by Crippen LogP contribution is -2.44. The van der Waals surface area contributed by atoms with Crippen LogP contribution in [0.3, 0.4) is 0 Å². The molecule has 150 valence electrons. The second-order valence-electron chi connectivity index (χ2n) is 8.00. The van der Waals surface area contributed by atoms with Crippen molar-refractivity contribution in [2.24, 2.45) is 5.92 Å². The molecular weight excluding hydrogens is 352 g/mol.